The van der Waals surface area contributed by atoms with Gasteiger partial charge in [-0.3, -0.25) is 19.1 Å². The van der Waals surface area contributed by atoms with Gasteiger partial charge >= 0.3 is 0 Å². The Morgan fingerprint density at radius 2 is 1.57 bits per heavy atom. The van der Waals surface area contributed by atoms with Crippen molar-refractivity contribution in [2.75, 3.05) is 12.9 Å². The van der Waals surface area contributed by atoms with Crippen molar-refractivity contribution in [2.24, 2.45) is 0 Å². The fourth-order valence-corrected chi connectivity index (χ4v) is 6.44. The molecule has 0 radical (unpaired) electrons. The number of nitrogens with zero attached hydrogens (tertiary/aromatic N) is 1. The average molecular weight is 602 g/mol. The zero-order chi connectivity index (χ0) is 29.8. The molecule has 12 nitrogen and oxygen atoms in total. The monoisotopic (exact) mass is 601 g/mol. The summed E-state index contributed by atoms with van der Waals surface area (Å²) in [6, 6.07) is 7.42. The van der Waals surface area contributed by atoms with Crippen molar-refractivity contribution in [3.8, 4) is 0 Å². The number of carbonyl (C=O) groups excluding carboxylic acids is 2. The predicted molar refractivity (Wildman–Crippen MR) is 143 cm³/mol. The van der Waals surface area contributed by atoms with E-state index in [1.54, 1.807) is 0 Å². The van der Waals surface area contributed by atoms with Gasteiger partial charge in [0, 0.05) is 27.1 Å². The van der Waals surface area contributed by atoms with Crippen LogP contribution in [0.4, 0.5) is 8.78 Å². The minimum Gasteiger partial charge on any atom is -0.387 e. The van der Waals surface area contributed by atoms with Gasteiger partial charge in [0.1, 0.15) is 36.1 Å². The Morgan fingerprint density at radius 1 is 0.929 bits per heavy atom. The molecule has 0 aliphatic carbocycles. The van der Waals surface area contributed by atoms with E-state index in [1.807, 2.05) is 0 Å². The quantitative estimate of drug-likeness (QED) is 0.151. The van der Waals surface area contributed by atoms with Crippen LogP contribution in [0.5, 0.6) is 0 Å². The molecule has 2 aromatic heterocycles. The molecule has 5 aromatic rings. The molecule has 218 valence electrons. The summed E-state index contributed by atoms with van der Waals surface area (Å²) in [5.41, 5.74) is 0.684. The molecule has 0 bridgehead atoms. The Balaban J connectivity index is 1.61. The van der Waals surface area contributed by atoms with Crippen LogP contribution in [0, 0.1) is 11.6 Å². The molecule has 3 aromatic carbocycles. The Labute approximate surface area is 234 Å². The van der Waals surface area contributed by atoms with Gasteiger partial charge in [-0.1, -0.05) is 0 Å². The van der Waals surface area contributed by atoms with Crippen LogP contribution in [0.15, 0.2) is 36.4 Å². The van der Waals surface area contributed by atoms with Crippen molar-refractivity contribution >= 4 is 65.5 Å². The lowest BCUT2D eigenvalue weighted by Crippen LogP contribution is -2.56. The molecule has 15 heteroatoms. The fourth-order valence-electron chi connectivity index (χ4n) is 6.06. The molecule has 7 rings (SSSR count). The number of halogens is 2. The van der Waals surface area contributed by atoms with E-state index in [-0.39, 0.29) is 49.4 Å². The highest BCUT2D eigenvalue weighted by Gasteiger charge is 2.47. The maximum absolute atomic E-state index is 14.7. The zero-order valence-electron chi connectivity index (χ0n) is 21.5. The second-order valence-corrected chi connectivity index (χ2v) is 12.0. The third-order valence-electron chi connectivity index (χ3n) is 7.78. The molecule has 2 aliphatic rings. The summed E-state index contributed by atoms with van der Waals surface area (Å²) in [5.74, 6) is -2.72. The second kappa shape index (κ2) is 9.00. The van der Waals surface area contributed by atoms with Gasteiger partial charge in [-0.25, -0.2) is 8.78 Å². The van der Waals surface area contributed by atoms with Gasteiger partial charge in [-0.2, -0.15) is 8.42 Å². The van der Waals surface area contributed by atoms with Crippen molar-refractivity contribution in [3.63, 3.8) is 0 Å². The van der Waals surface area contributed by atoms with E-state index >= 15 is 0 Å². The molecule has 2 aliphatic heterocycles. The van der Waals surface area contributed by atoms with E-state index in [9.17, 15) is 42.1 Å². The summed E-state index contributed by atoms with van der Waals surface area (Å²) in [4.78, 5) is 29.4. The molecule has 0 saturated carbocycles. The third-order valence-corrected chi connectivity index (χ3v) is 8.35. The number of fused-ring (bicyclic) bond motifs is 10. The summed E-state index contributed by atoms with van der Waals surface area (Å²) in [7, 11) is -3.99. The van der Waals surface area contributed by atoms with Gasteiger partial charge in [-0.15, -0.1) is 0 Å². The van der Waals surface area contributed by atoms with Gasteiger partial charge < -0.3 is 29.6 Å². The molecule has 0 unspecified atom stereocenters. The fraction of sp³-hybridized carbons (Fsp3) is 0.259. The number of aliphatic hydroxyl groups is 3. The number of ether oxygens (including phenoxy) is 1. The summed E-state index contributed by atoms with van der Waals surface area (Å²) in [5, 5.41) is 35.9. The minimum absolute atomic E-state index is 0.0173. The van der Waals surface area contributed by atoms with Crippen molar-refractivity contribution in [3.05, 3.63) is 59.2 Å². The first-order valence-corrected chi connectivity index (χ1v) is 14.5. The zero-order valence-corrected chi connectivity index (χ0v) is 22.3. The maximum atomic E-state index is 14.7. The van der Waals surface area contributed by atoms with Gasteiger partial charge in [-0.05, 0) is 36.4 Å². The molecular formula is C27H21F2N3O9S. The Hall–Kier alpha value is -3.99. The minimum atomic E-state index is -3.99. The van der Waals surface area contributed by atoms with Crippen molar-refractivity contribution in [2.45, 2.75) is 30.6 Å². The Bertz CT molecular complexity index is 2120. The number of rotatable bonds is 4. The SMILES string of the molecule is CS(=O)(=O)OC[C@H]1O[C@@H](n2c3cc(F)ccc3c3c4c(c5c6ccc(F)cc6[nH]c5c32)C(=O)NC4=O)[C@H](O)[C@@H](O)[C@@H]1O. The van der Waals surface area contributed by atoms with Gasteiger partial charge in [0.15, 0.2) is 6.23 Å². The summed E-state index contributed by atoms with van der Waals surface area (Å²) in [6.07, 6.45) is -7.78. The molecule has 5 N–H and O–H groups in total. The third kappa shape index (κ3) is 3.78. The number of hydrogen-bond donors (Lipinski definition) is 5. The highest BCUT2D eigenvalue weighted by Crippen LogP contribution is 2.46. The van der Waals surface area contributed by atoms with E-state index in [0.717, 1.165) is 18.4 Å². The topological polar surface area (TPSA) is 180 Å². The summed E-state index contributed by atoms with van der Waals surface area (Å²) < 4.78 is 64.3. The molecule has 1 fully saturated rings. The number of carbonyl (C=O) groups is 2. The van der Waals surface area contributed by atoms with Gasteiger partial charge in [0.05, 0.1) is 40.5 Å². The number of aliphatic hydroxyl groups excluding tert-OH is 3. The van der Waals surface area contributed by atoms with E-state index in [4.69, 9.17) is 8.92 Å². The number of hydrogen-bond acceptors (Lipinski definition) is 9. The number of nitrogens with one attached hydrogen (secondary N) is 2. The van der Waals surface area contributed by atoms with Crippen LogP contribution in [0.2, 0.25) is 0 Å². The van der Waals surface area contributed by atoms with Gasteiger partial charge in [0.25, 0.3) is 21.9 Å². The lowest BCUT2D eigenvalue weighted by molar-refractivity contribution is -0.247. The highest BCUT2D eigenvalue weighted by atomic mass is 32.2. The smallest absolute Gasteiger partial charge is 0.264 e. The molecule has 42 heavy (non-hydrogen) atoms. The van der Waals surface area contributed by atoms with Crippen LogP contribution in [0.1, 0.15) is 26.9 Å². The normalized spacial score (nSPS) is 24.8. The number of benzene rings is 3. The van der Waals surface area contributed by atoms with Crippen molar-refractivity contribution in [1.82, 2.24) is 14.9 Å². The average Bonchev–Trinajstić information content (AvgIpc) is 3.54. The van der Waals surface area contributed by atoms with Crippen LogP contribution < -0.4 is 5.32 Å². The molecule has 4 heterocycles. The van der Waals surface area contributed by atoms with Crippen LogP contribution in [-0.2, 0) is 19.0 Å². The van der Waals surface area contributed by atoms with Crippen molar-refractivity contribution in [1.29, 1.82) is 0 Å². The number of aromatic nitrogens is 2. The first kappa shape index (κ1) is 26.9. The molecule has 1 saturated heterocycles. The van der Waals surface area contributed by atoms with E-state index in [1.165, 1.54) is 28.8 Å². The van der Waals surface area contributed by atoms with Crippen molar-refractivity contribution < 1.29 is 51.0 Å². The van der Waals surface area contributed by atoms with Crippen LogP contribution >= 0.6 is 0 Å². The van der Waals surface area contributed by atoms with Gasteiger partial charge in [0.2, 0.25) is 0 Å². The summed E-state index contributed by atoms with van der Waals surface area (Å²) in [6.45, 7) is -0.723. The number of imide groups is 1. The molecule has 2 amide bonds. The predicted octanol–water partition coefficient (Wildman–Crippen LogP) is 1.55. The first-order chi connectivity index (χ1) is 19.9. The molecular weight excluding hydrogens is 580 g/mol. The van der Waals surface area contributed by atoms with Crippen LogP contribution in [-0.4, -0.2) is 82.4 Å². The lowest BCUT2D eigenvalue weighted by atomic mass is 9.96. The maximum Gasteiger partial charge on any atom is 0.264 e. The Morgan fingerprint density at radius 3 is 2.26 bits per heavy atom. The number of H-pyrrole nitrogens is 1. The molecule has 0 spiro atoms. The number of amides is 2. The largest absolute Gasteiger partial charge is 0.387 e. The standard InChI is InChI=1S/C27H21F2N3O9S/c1-42(38,39)40-8-15-22(33)23(34)24(35)27(41-15)32-14-7-10(29)3-5-12(14)17-19-18(25(36)31-26(19)37)16-11-4-2-9(28)6-13(11)30-20(16)21(17)32/h2-7,15,22-24,27,30,33-35H,8H2,1H3,(H,31,36,37)/t15-,22-,23+,24-,27-/m1/s1. The second-order valence-electron chi connectivity index (χ2n) is 10.4. The van der Waals surface area contributed by atoms with Crippen LogP contribution in [0.3, 0.4) is 0 Å². The highest BCUT2D eigenvalue weighted by molar-refractivity contribution is 7.85. The van der Waals surface area contributed by atoms with E-state index < -0.39 is 70.8 Å². The number of aromatic amines is 1. The van der Waals surface area contributed by atoms with Crippen LogP contribution in [0.25, 0.3) is 43.6 Å². The Kier molecular flexibility index (Phi) is 5.76. The first-order valence-electron chi connectivity index (χ1n) is 12.7. The summed E-state index contributed by atoms with van der Waals surface area (Å²) >= 11 is 0. The van der Waals surface area contributed by atoms with E-state index in [0.29, 0.717) is 5.39 Å². The van der Waals surface area contributed by atoms with E-state index in [2.05, 4.69) is 10.3 Å². The molecule has 5 atom stereocenters. The lowest BCUT2D eigenvalue weighted by Gasteiger charge is -2.41.